The van der Waals surface area contributed by atoms with Gasteiger partial charge in [-0.1, -0.05) is 25.1 Å². The minimum absolute atomic E-state index is 0.133. The van der Waals surface area contributed by atoms with E-state index in [0.717, 1.165) is 5.75 Å². The number of hydrogen-bond acceptors (Lipinski definition) is 3. The van der Waals surface area contributed by atoms with Gasteiger partial charge in [0.15, 0.2) is 0 Å². The van der Waals surface area contributed by atoms with E-state index in [9.17, 15) is 9.59 Å². The first-order valence-electron chi connectivity index (χ1n) is 7.12. The lowest BCUT2D eigenvalue weighted by atomic mass is 10.1. The number of carbonyl (C=O) groups excluding carboxylic acids is 1. The average Bonchev–Trinajstić information content (AvgIpc) is 2.44. The van der Waals surface area contributed by atoms with Crippen molar-refractivity contribution in [3.05, 3.63) is 30.3 Å². The molecule has 1 atom stereocenters. The third-order valence-corrected chi connectivity index (χ3v) is 3.20. The van der Waals surface area contributed by atoms with Crippen LogP contribution in [-0.4, -0.2) is 41.1 Å². The summed E-state index contributed by atoms with van der Waals surface area (Å²) in [6.45, 7) is 5.59. The van der Waals surface area contributed by atoms with E-state index in [1.165, 1.54) is 4.90 Å². The van der Waals surface area contributed by atoms with Gasteiger partial charge in [-0.3, -0.25) is 9.59 Å². The molecule has 0 aliphatic rings. The Labute approximate surface area is 125 Å². The molecule has 116 valence electrons. The van der Waals surface area contributed by atoms with Crippen LogP contribution in [0.5, 0.6) is 5.75 Å². The lowest BCUT2D eigenvalue weighted by Crippen LogP contribution is -2.43. The Morgan fingerprint density at radius 3 is 2.33 bits per heavy atom. The van der Waals surface area contributed by atoms with Crippen LogP contribution in [0.4, 0.5) is 0 Å². The van der Waals surface area contributed by atoms with Crippen LogP contribution in [0.2, 0.25) is 0 Å². The zero-order valence-corrected chi connectivity index (χ0v) is 12.8. The van der Waals surface area contributed by atoms with Crippen LogP contribution in [-0.2, 0) is 9.59 Å². The van der Waals surface area contributed by atoms with Crippen molar-refractivity contribution in [3.63, 3.8) is 0 Å². The highest BCUT2D eigenvalue weighted by atomic mass is 16.5. The summed E-state index contributed by atoms with van der Waals surface area (Å²) in [7, 11) is 0. The summed E-state index contributed by atoms with van der Waals surface area (Å²) in [6.07, 6.45) is 0.552. The Kier molecular flexibility index (Phi) is 6.72. The zero-order valence-electron chi connectivity index (χ0n) is 12.8. The molecule has 0 fully saturated rings. The molecule has 0 saturated heterocycles. The Morgan fingerprint density at radius 1 is 1.19 bits per heavy atom. The lowest BCUT2D eigenvalue weighted by molar-refractivity contribution is -0.147. The Bertz CT molecular complexity index is 459. The fourth-order valence-corrected chi connectivity index (χ4v) is 1.94. The first-order valence-corrected chi connectivity index (χ1v) is 7.12. The van der Waals surface area contributed by atoms with Crippen molar-refractivity contribution in [3.8, 4) is 5.75 Å². The number of carbonyl (C=O) groups is 2. The van der Waals surface area contributed by atoms with Crippen molar-refractivity contribution < 1.29 is 19.4 Å². The van der Waals surface area contributed by atoms with Gasteiger partial charge in [0, 0.05) is 12.0 Å². The van der Waals surface area contributed by atoms with Crippen LogP contribution in [0.15, 0.2) is 30.3 Å². The fourth-order valence-electron chi connectivity index (χ4n) is 1.94. The van der Waals surface area contributed by atoms with E-state index in [1.807, 2.05) is 44.2 Å². The summed E-state index contributed by atoms with van der Waals surface area (Å²) in [5, 5.41) is 8.87. The SMILES string of the molecule is CC(CCOc1ccccc1)C(=O)N(CC(=O)O)C(C)C. The van der Waals surface area contributed by atoms with E-state index >= 15 is 0 Å². The number of amides is 1. The molecule has 5 nitrogen and oxygen atoms in total. The standard InChI is InChI=1S/C16H23NO4/c1-12(2)17(11-15(18)19)16(20)13(3)9-10-21-14-7-5-4-6-8-14/h4-8,12-13H,9-11H2,1-3H3,(H,18,19). The maximum atomic E-state index is 12.3. The van der Waals surface area contributed by atoms with Gasteiger partial charge in [-0.15, -0.1) is 0 Å². The smallest absolute Gasteiger partial charge is 0.323 e. The molecule has 0 radical (unpaired) electrons. The first kappa shape index (κ1) is 17.0. The van der Waals surface area contributed by atoms with Crippen LogP contribution >= 0.6 is 0 Å². The van der Waals surface area contributed by atoms with Gasteiger partial charge in [0.1, 0.15) is 12.3 Å². The molecule has 5 heteroatoms. The Hall–Kier alpha value is -2.04. The van der Waals surface area contributed by atoms with Crippen LogP contribution in [0.3, 0.4) is 0 Å². The van der Waals surface area contributed by atoms with Crippen LogP contribution in [0.1, 0.15) is 27.2 Å². The van der Waals surface area contributed by atoms with Crippen LogP contribution in [0.25, 0.3) is 0 Å². The molecule has 0 saturated carbocycles. The fraction of sp³-hybridized carbons (Fsp3) is 0.500. The van der Waals surface area contributed by atoms with Gasteiger partial charge in [-0.05, 0) is 32.4 Å². The summed E-state index contributed by atoms with van der Waals surface area (Å²) in [6, 6.07) is 9.26. The predicted molar refractivity (Wildman–Crippen MR) is 80.2 cm³/mol. The van der Waals surface area contributed by atoms with Gasteiger partial charge in [0.25, 0.3) is 0 Å². The molecular formula is C16H23NO4. The molecule has 0 heterocycles. The molecule has 0 aromatic heterocycles. The van der Waals surface area contributed by atoms with Crippen molar-refractivity contribution in [1.29, 1.82) is 0 Å². The second-order valence-corrected chi connectivity index (χ2v) is 5.30. The van der Waals surface area contributed by atoms with Gasteiger partial charge in [-0.2, -0.15) is 0 Å². The number of benzene rings is 1. The zero-order chi connectivity index (χ0) is 15.8. The van der Waals surface area contributed by atoms with Gasteiger partial charge < -0.3 is 14.7 Å². The molecule has 21 heavy (non-hydrogen) atoms. The van der Waals surface area contributed by atoms with Crippen molar-refractivity contribution in [2.24, 2.45) is 5.92 Å². The van der Waals surface area contributed by atoms with E-state index < -0.39 is 5.97 Å². The molecule has 1 aromatic rings. The van der Waals surface area contributed by atoms with Crippen molar-refractivity contribution >= 4 is 11.9 Å². The highest BCUT2D eigenvalue weighted by molar-refractivity contribution is 5.83. The monoisotopic (exact) mass is 293 g/mol. The number of nitrogens with zero attached hydrogens (tertiary/aromatic N) is 1. The Balaban J connectivity index is 2.47. The normalized spacial score (nSPS) is 12.0. The number of para-hydroxylation sites is 1. The molecular weight excluding hydrogens is 270 g/mol. The lowest BCUT2D eigenvalue weighted by Gasteiger charge is -2.27. The highest BCUT2D eigenvalue weighted by Gasteiger charge is 2.24. The van der Waals surface area contributed by atoms with E-state index in [4.69, 9.17) is 9.84 Å². The van der Waals surface area contributed by atoms with Gasteiger partial charge >= 0.3 is 5.97 Å². The maximum Gasteiger partial charge on any atom is 0.323 e. The van der Waals surface area contributed by atoms with Crippen LogP contribution < -0.4 is 4.74 Å². The number of carboxylic acids is 1. The van der Waals surface area contributed by atoms with E-state index in [2.05, 4.69) is 0 Å². The number of aliphatic carboxylic acids is 1. The summed E-state index contributed by atoms with van der Waals surface area (Å²) in [5.74, 6) is -0.646. The molecule has 1 N–H and O–H groups in total. The van der Waals surface area contributed by atoms with Crippen LogP contribution in [0, 0.1) is 5.92 Å². The third kappa shape index (κ3) is 5.85. The average molecular weight is 293 g/mol. The first-order chi connectivity index (χ1) is 9.91. The number of hydrogen-bond donors (Lipinski definition) is 1. The second-order valence-electron chi connectivity index (χ2n) is 5.30. The minimum Gasteiger partial charge on any atom is -0.494 e. The molecule has 0 bridgehead atoms. The van der Waals surface area contributed by atoms with Crippen molar-refractivity contribution in [2.75, 3.05) is 13.2 Å². The van der Waals surface area contributed by atoms with E-state index in [0.29, 0.717) is 13.0 Å². The Morgan fingerprint density at radius 2 is 1.81 bits per heavy atom. The van der Waals surface area contributed by atoms with E-state index in [1.54, 1.807) is 6.92 Å². The molecule has 1 unspecified atom stereocenters. The highest BCUT2D eigenvalue weighted by Crippen LogP contribution is 2.13. The molecule has 1 amide bonds. The molecule has 1 aromatic carbocycles. The molecule has 1 rings (SSSR count). The number of rotatable bonds is 8. The molecule has 0 aliphatic heterocycles. The topological polar surface area (TPSA) is 66.8 Å². The predicted octanol–water partition coefficient (Wildman–Crippen LogP) is 2.41. The van der Waals surface area contributed by atoms with Crippen molar-refractivity contribution in [2.45, 2.75) is 33.2 Å². The quantitative estimate of drug-likeness (QED) is 0.799. The maximum absolute atomic E-state index is 12.3. The van der Waals surface area contributed by atoms with Gasteiger partial charge in [0.05, 0.1) is 6.61 Å². The number of carboxylic acid groups (broad SMARTS) is 1. The summed E-state index contributed by atoms with van der Waals surface area (Å²) in [4.78, 5) is 24.5. The minimum atomic E-state index is -0.996. The molecule has 0 aliphatic carbocycles. The summed E-state index contributed by atoms with van der Waals surface area (Å²) < 4.78 is 5.56. The van der Waals surface area contributed by atoms with E-state index in [-0.39, 0.29) is 24.4 Å². The molecule has 0 spiro atoms. The third-order valence-electron chi connectivity index (χ3n) is 3.20. The summed E-state index contributed by atoms with van der Waals surface area (Å²) >= 11 is 0. The second kappa shape index (κ2) is 8.29. The van der Waals surface area contributed by atoms with Gasteiger partial charge in [0.2, 0.25) is 5.91 Å². The van der Waals surface area contributed by atoms with Gasteiger partial charge in [-0.25, -0.2) is 0 Å². The van der Waals surface area contributed by atoms with Crippen molar-refractivity contribution in [1.82, 2.24) is 4.90 Å². The largest absolute Gasteiger partial charge is 0.494 e. The number of ether oxygens (including phenoxy) is 1. The summed E-state index contributed by atoms with van der Waals surface area (Å²) in [5.41, 5.74) is 0.